The molecule has 0 saturated carbocycles. The Morgan fingerprint density at radius 1 is 1.17 bits per heavy atom. The van der Waals surface area contributed by atoms with Crippen molar-refractivity contribution in [3.05, 3.63) is 58.1 Å². The number of rotatable bonds is 5. The Bertz CT molecular complexity index is 1030. The highest BCUT2D eigenvalue weighted by Crippen LogP contribution is 2.32. The van der Waals surface area contributed by atoms with E-state index in [1.165, 1.54) is 15.8 Å². The summed E-state index contributed by atoms with van der Waals surface area (Å²) in [7, 11) is 0. The monoisotopic (exact) mass is 428 g/mol. The molecule has 5 nitrogen and oxygen atoms in total. The number of carbonyl (C=O) groups excluding carboxylic acids is 1. The largest absolute Gasteiger partial charge is 0.351 e. The van der Waals surface area contributed by atoms with Crippen molar-refractivity contribution in [2.45, 2.75) is 13.8 Å². The minimum Gasteiger partial charge on any atom is -0.351 e. The zero-order valence-corrected chi connectivity index (χ0v) is 18.3. The lowest BCUT2D eigenvalue weighted by Gasteiger charge is -2.34. The molecule has 1 aliphatic heterocycles. The number of hydrogen-bond donors (Lipinski definition) is 1. The van der Waals surface area contributed by atoms with E-state index in [2.05, 4.69) is 41.1 Å². The van der Waals surface area contributed by atoms with Gasteiger partial charge in [-0.25, -0.2) is 4.98 Å². The molecule has 4 rings (SSSR count). The highest BCUT2D eigenvalue weighted by Gasteiger charge is 2.20. The molecule has 0 unspecified atom stereocenters. The van der Waals surface area contributed by atoms with Gasteiger partial charge in [-0.1, -0.05) is 35.1 Å². The molecular formula is C22H25ClN4OS. The van der Waals surface area contributed by atoms with Crippen LogP contribution in [-0.2, 0) is 0 Å². The summed E-state index contributed by atoms with van der Waals surface area (Å²) in [6.45, 7) is 9.62. The molecule has 3 aromatic rings. The van der Waals surface area contributed by atoms with E-state index in [9.17, 15) is 4.79 Å². The van der Waals surface area contributed by atoms with Crippen LogP contribution >= 0.6 is 22.9 Å². The van der Waals surface area contributed by atoms with Crippen molar-refractivity contribution in [2.75, 3.05) is 44.2 Å². The number of hydrogen-bond acceptors (Lipinski definition) is 5. The third-order valence-electron chi connectivity index (χ3n) is 5.52. The number of anilines is 1. The van der Waals surface area contributed by atoms with E-state index in [0.717, 1.165) is 43.4 Å². The topological polar surface area (TPSA) is 48.5 Å². The van der Waals surface area contributed by atoms with Crippen LogP contribution in [0.15, 0.2) is 36.4 Å². The van der Waals surface area contributed by atoms with Gasteiger partial charge in [0.25, 0.3) is 5.91 Å². The second-order valence-electron chi connectivity index (χ2n) is 7.45. The molecule has 0 radical (unpaired) electrons. The van der Waals surface area contributed by atoms with Gasteiger partial charge < -0.3 is 10.2 Å². The Hall–Kier alpha value is -2.15. The molecule has 1 amide bonds. The molecule has 0 atom stereocenters. The number of benzene rings is 2. The summed E-state index contributed by atoms with van der Waals surface area (Å²) < 4.78 is 1.26. The molecule has 152 valence electrons. The lowest BCUT2D eigenvalue weighted by atomic mass is 10.1. The summed E-state index contributed by atoms with van der Waals surface area (Å²) >= 11 is 7.73. The summed E-state index contributed by atoms with van der Waals surface area (Å²) in [4.78, 5) is 21.9. The van der Waals surface area contributed by atoms with E-state index in [0.29, 0.717) is 17.1 Å². The molecule has 1 aromatic heterocycles. The number of aryl methyl sites for hydroxylation is 2. The van der Waals surface area contributed by atoms with Gasteiger partial charge >= 0.3 is 0 Å². The predicted molar refractivity (Wildman–Crippen MR) is 122 cm³/mol. The number of piperazine rings is 1. The maximum atomic E-state index is 12.2. The standard InChI is InChI=1S/C22H25ClN4OS/c1-15-6-7-19-20(16(15)2)25-22(29-19)27-12-10-26(11-13-27)9-8-24-21(28)17-4-3-5-18(23)14-17/h3-7,14H,8-13H2,1-2H3,(H,24,28). The second-order valence-corrected chi connectivity index (χ2v) is 8.89. The average Bonchev–Trinajstić information content (AvgIpc) is 3.16. The first-order valence-electron chi connectivity index (χ1n) is 9.89. The van der Waals surface area contributed by atoms with Crippen molar-refractivity contribution in [1.82, 2.24) is 15.2 Å². The van der Waals surface area contributed by atoms with Crippen molar-refractivity contribution in [3.8, 4) is 0 Å². The lowest BCUT2D eigenvalue weighted by molar-refractivity contribution is 0.0948. The Morgan fingerprint density at radius 3 is 2.72 bits per heavy atom. The van der Waals surface area contributed by atoms with Crippen molar-refractivity contribution in [1.29, 1.82) is 0 Å². The summed E-state index contributed by atoms with van der Waals surface area (Å²) in [5.41, 5.74) is 4.30. The zero-order valence-electron chi connectivity index (χ0n) is 16.7. The van der Waals surface area contributed by atoms with Crippen LogP contribution in [0.25, 0.3) is 10.2 Å². The Labute approximate surface area is 180 Å². The van der Waals surface area contributed by atoms with Crippen LogP contribution in [0.1, 0.15) is 21.5 Å². The minimum absolute atomic E-state index is 0.0775. The Balaban J connectivity index is 1.27. The first-order valence-corrected chi connectivity index (χ1v) is 11.1. The fourth-order valence-corrected chi connectivity index (χ4v) is 4.84. The normalized spacial score (nSPS) is 15.1. The minimum atomic E-state index is -0.0775. The second kappa shape index (κ2) is 8.69. The predicted octanol–water partition coefficient (Wildman–Crippen LogP) is 4.12. The van der Waals surface area contributed by atoms with Gasteiger partial charge in [-0.15, -0.1) is 0 Å². The molecule has 1 aliphatic rings. The third-order valence-corrected chi connectivity index (χ3v) is 6.83. The number of nitrogens with zero attached hydrogens (tertiary/aromatic N) is 3. The molecule has 0 aliphatic carbocycles. The van der Waals surface area contributed by atoms with Gasteiger partial charge in [-0.2, -0.15) is 0 Å². The number of halogens is 1. The van der Waals surface area contributed by atoms with Crippen molar-refractivity contribution in [3.63, 3.8) is 0 Å². The highest BCUT2D eigenvalue weighted by atomic mass is 35.5. The van der Waals surface area contributed by atoms with Gasteiger partial charge in [-0.05, 0) is 49.2 Å². The van der Waals surface area contributed by atoms with E-state index in [-0.39, 0.29) is 5.91 Å². The van der Waals surface area contributed by atoms with Gasteiger partial charge in [0.05, 0.1) is 10.2 Å². The number of nitrogens with one attached hydrogen (secondary N) is 1. The van der Waals surface area contributed by atoms with Crippen molar-refractivity contribution in [2.24, 2.45) is 0 Å². The summed E-state index contributed by atoms with van der Waals surface area (Å²) in [5.74, 6) is -0.0775. The van der Waals surface area contributed by atoms with Crippen LogP contribution in [0.5, 0.6) is 0 Å². The summed E-state index contributed by atoms with van der Waals surface area (Å²) in [5, 5.41) is 4.67. The van der Waals surface area contributed by atoms with Crippen LogP contribution in [0.4, 0.5) is 5.13 Å². The number of thiazole rings is 1. The van der Waals surface area contributed by atoms with Gasteiger partial charge in [0.1, 0.15) is 0 Å². The van der Waals surface area contributed by atoms with Crippen LogP contribution in [-0.4, -0.2) is 55.1 Å². The SMILES string of the molecule is Cc1ccc2sc(N3CCN(CCNC(=O)c4cccc(Cl)c4)CC3)nc2c1C. The molecule has 1 saturated heterocycles. The van der Waals surface area contributed by atoms with Gasteiger partial charge in [0.2, 0.25) is 0 Å². The molecule has 1 fully saturated rings. The molecule has 1 N–H and O–H groups in total. The fraction of sp³-hybridized carbons (Fsp3) is 0.364. The zero-order chi connectivity index (χ0) is 20.4. The van der Waals surface area contributed by atoms with E-state index in [1.807, 2.05) is 0 Å². The first-order chi connectivity index (χ1) is 14.0. The van der Waals surface area contributed by atoms with Crippen LogP contribution in [0.3, 0.4) is 0 Å². The van der Waals surface area contributed by atoms with Gasteiger partial charge in [0.15, 0.2) is 5.13 Å². The Kier molecular flexibility index (Phi) is 6.04. The molecule has 2 heterocycles. The summed E-state index contributed by atoms with van der Waals surface area (Å²) in [6, 6.07) is 11.4. The van der Waals surface area contributed by atoms with Crippen LogP contribution < -0.4 is 10.2 Å². The van der Waals surface area contributed by atoms with E-state index >= 15 is 0 Å². The maximum Gasteiger partial charge on any atom is 0.251 e. The molecule has 0 spiro atoms. The first kappa shape index (κ1) is 20.1. The number of amides is 1. The van der Waals surface area contributed by atoms with Crippen LogP contribution in [0, 0.1) is 13.8 Å². The highest BCUT2D eigenvalue weighted by molar-refractivity contribution is 7.22. The summed E-state index contributed by atoms with van der Waals surface area (Å²) in [6.07, 6.45) is 0. The number of carbonyl (C=O) groups is 1. The van der Waals surface area contributed by atoms with Crippen LogP contribution in [0.2, 0.25) is 5.02 Å². The lowest BCUT2D eigenvalue weighted by Crippen LogP contribution is -2.48. The van der Waals surface area contributed by atoms with Gasteiger partial charge in [0, 0.05) is 49.9 Å². The van der Waals surface area contributed by atoms with E-state index in [4.69, 9.17) is 16.6 Å². The molecule has 0 bridgehead atoms. The van der Waals surface area contributed by atoms with Crippen molar-refractivity contribution < 1.29 is 4.79 Å². The van der Waals surface area contributed by atoms with Crippen molar-refractivity contribution >= 4 is 44.2 Å². The number of fused-ring (bicyclic) bond motifs is 1. The van der Waals surface area contributed by atoms with E-state index < -0.39 is 0 Å². The molecule has 7 heteroatoms. The Morgan fingerprint density at radius 2 is 1.97 bits per heavy atom. The average molecular weight is 429 g/mol. The third kappa shape index (κ3) is 4.55. The molecule has 29 heavy (non-hydrogen) atoms. The smallest absolute Gasteiger partial charge is 0.251 e. The quantitative estimate of drug-likeness (QED) is 0.664. The van der Waals surface area contributed by atoms with E-state index in [1.54, 1.807) is 35.6 Å². The molecular weight excluding hydrogens is 404 g/mol. The number of aromatic nitrogens is 1. The molecule has 2 aromatic carbocycles. The fourth-order valence-electron chi connectivity index (χ4n) is 3.57. The maximum absolute atomic E-state index is 12.2. The van der Waals surface area contributed by atoms with Gasteiger partial charge in [-0.3, -0.25) is 9.69 Å².